The van der Waals surface area contributed by atoms with Gasteiger partial charge in [-0.2, -0.15) is 0 Å². The molecule has 0 radical (unpaired) electrons. The van der Waals surface area contributed by atoms with Crippen LogP contribution < -0.4 is 4.72 Å². The zero-order chi connectivity index (χ0) is 10.6. The number of halogens is 1. The number of hydrogen-bond donors (Lipinski definition) is 1. The normalized spacial score (nSPS) is 11.7. The number of nitrogens with zero attached hydrogens (tertiary/aromatic N) is 1. The van der Waals surface area contributed by atoms with Crippen LogP contribution in [0, 0.1) is 0 Å². The van der Waals surface area contributed by atoms with Crippen LogP contribution >= 0.6 is 27.9 Å². The highest BCUT2D eigenvalue weighted by molar-refractivity contribution is 9.10. The minimum atomic E-state index is 0.245. The summed E-state index contributed by atoms with van der Waals surface area (Å²) in [5, 5.41) is 0. The Balaban J connectivity index is 2.35. The summed E-state index contributed by atoms with van der Waals surface area (Å²) in [6.45, 7) is 7.34. The van der Waals surface area contributed by atoms with Gasteiger partial charge in [0.1, 0.15) is 0 Å². The van der Waals surface area contributed by atoms with Crippen LogP contribution in [-0.4, -0.2) is 9.73 Å². The summed E-state index contributed by atoms with van der Waals surface area (Å²) in [5.74, 6) is 0. The maximum Gasteiger partial charge on any atom is 0.0551 e. The van der Waals surface area contributed by atoms with Crippen molar-refractivity contribution in [1.82, 2.24) is 9.71 Å². The molecule has 0 amide bonds. The fourth-order valence-electron chi connectivity index (χ4n) is 0.838. The van der Waals surface area contributed by atoms with E-state index in [1.54, 1.807) is 11.9 Å². The molecule has 2 nitrogen and oxygen atoms in total. The Bertz CT molecular complexity index is 279. The fourth-order valence-corrected chi connectivity index (χ4v) is 1.73. The van der Waals surface area contributed by atoms with Crippen LogP contribution in [0.4, 0.5) is 0 Å². The standard InChI is InChI=1S/C10H15BrN2S/c1-10(2,3)14-13-7-9-5-4-8(11)6-12-9/h4-6,13H,7H2,1-3H3. The zero-order valence-corrected chi connectivity index (χ0v) is 11.1. The van der Waals surface area contributed by atoms with Crippen molar-refractivity contribution in [2.45, 2.75) is 32.1 Å². The van der Waals surface area contributed by atoms with Gasteiger partial charge in [-0.05, 0) is 48.8 Å². The molecule has 1 aromatic rings. The average Bonchev–Trinajstić information content (AvgIpc) is 2.06. The maximum absolute atomic E-state index is 4.28. The third-order valence-electron chi connectivity index (χ3n) is 1.42. The van der Waals surface area contributed by atoms with Crippen molar-refractivity contribution in [3.05, 3.63) is 28.5 Å². The van der Waals surface area contributed by atoms with Crippen molar-refractivity contribution in [2.75, 3.05) is 0 Å². The third kappa shape index (κ3) is 4.98. The molecule has 0 aliphatic carbocycles. The van der Waals surface area contributed by atoms with E-state index in [1.165, 1.54) is 0 Å². The molecular weight excluding hydrogens is 260 g/mol. The van der Waals surface area contributed by atoms with Crippen LogP contribution in [0.25, 0.3) is 0 Å². The van der Waals surface area contributed by atoms with Crippen molar-refractivity contribution < 1.29 is 0 Å². The molecule has 1 aromatic heterocycles. The smallest absolute Gasteiger partial charge is 0.0551 e. The number of nitrogens with one attached hydrogen (secondary N) is 1. The van der Waals surface area contributed by atoms with Gasteiger partial charge in [0.2, 0.25) is 0 Å². The summed E-state index contributed by atoms with van der Waals surface area (Å²) in [5.41, 5.74) is 1.06. The lowest BCUT2D eigenvalue weighted by Gasteiger charge is -2.17. The highest BCUT2D eigenvalue weighted by atomic mass is 79.9. The molecule has 0 unspecified atom stereocenters. The molecule has 1 rings (SSSR count). The summed E-state index contributed by atoms with van der Waals surface area (Å²) >= 11 is 5.09. The van der Waals surface area contributed by atoms with Crippen molar-refractivity contribution >= 4 is 27.9 Å². The van der Waals surface area contributed by atoms with Gasteiger partial charge in [0.25, 0.3) is 0 Å². The van der Waals surface area contributed by atoms with E-state index in [4.69, 9.17) is 0 Å². The van der Waals surface area contributed by atoms with Gasteiger partial charge in [0, 0.05) is 22.0 Å². The van der Waals surface area contributed by atoms with Gasteiger partial charge in [-0.15, -0.1) is 0 Å². The van der Waals surface area contributed by atoms with E-state index in [1.807, 2.05) is 18.3 Å². The van der Waals surface area contributed by atoms with Crippen LogP contribution in [0.2, 0.25) is 0 Å². The monoisotopic (exact) mass is 274 g/mol. The number of rotatable bonds is 3. The van der Waals surface area contributed by atoms with E-state index < -0.39 is 0 Å². The third-order valence-corrected chi connectivity index (χ3v) is 2.79. The second-order valence-electron chi connectivity index (χ2n) is 4.00. The summed E-state index contributed by atoms with van der Waals surface area (Å²) in [6, 6.07) is 4.02. The van der Waals surface area contributed by atoms with Crippen LogP contribution in [-0.2, 0) is 6.54 Å². The van der Waals surface area contributed by atoms with Gasteiger partial charge in [0.15, 0.2) is 0 Å². The molecule has 0 saturated carbocycles. The molecule has 0 atom stereocenters. The first-order valence-electron chi connectivity index (χ1n) is 4.49. The minimum absolute atomic E-state index is 0.245. The maximum atomic E-state index is 4.28. The molecule has 4 heteroatoms. The first-order valence-corrected chi connectivity index (χ1v) is 6.09. The molecular formula is C10H15BrN2S. The van der Waals surface area contributed by atoms with Gasteiger partial charge in [-0.25, -0.2) is 0 Å². The van der Waals surface area contributed by atoms with Crippen molar-refractivity contribution in [3.63, 3.8) is 0 Å². The van der Waals surface area contributed by atoms with Crippen molar-refractivity contribution in [2.24, 2.45) is 0 Å². The number of pyridine rings is 1. The minimum Gasteiger partial charge on any atom is -0.259 e. The Labute approximate surface area is 98.2 Å². The van der Waals surface area contributed by atoms with Crippen molar-refractivity contribution in [3.8, 4) is 0 Å². The lowest BCUT2D eigenvalue weighted by molar-refractivity contribution is 0.784. The summed E-state index contributed by atoms with van der Waals surface area (Å²) in [6.07, 6.45) is 1.82. The first-order chi connectivity index (χ1) is 6.47. The van der Waals surface area contributed by atoms with E-state index in [9.17, 15) is 0 Å². The summed E-state index contributed by atoms with van der Waals surface area (Å²) in [4.78, 5) is 4.28. The Hall–Kier alpha value is -0.0600. The van der Waals surface area contributed by atoms with Crippen LogP contribution in [0.5, 0.6) is 0 Å². The van der Waals surface area contributed by atoms with Crippen LogP contribution in [0.15, 0.2) is 22.8 Å². The lowest BCUT2D eigenvalue weighted by Crippen LogP contribution is -2.17. The molecule has 1 N–H and O–H groups in total. The largest absolute Gasteiger partial charge is 0.259 e. The predicted molar refractivity (Wildman–Crippen MR) is 66.1 cm³/mol. The fraction of sp³-hybridized carbons (Fsp3) is 0.500. The van der Waals surface area contributed by atoms with Crippen molar-refractivity contribution in [1.29, 1.82) is 0 Å². The van der Waals surface area contributed by atoms with E-state index in [0.717, 1.165) is 16.7 Å². The molecule has 14 heavy (non-hydrogen) atoms. The molecule has 0 fully saturated rings. The second kappa shape index (κ2) is 5.14. The molecule has 0 saturated heterocycles. The van der Waals surface area contributed by atoms with Gasteiger partial charge < -0.3 is 0 Å². The lowest BCUT2D eigenvalue weighted by atomic mass is 10.3. The first kappa shape index (κ1) is 12.0. The summed E-state index contributed by atoms with van der Waals surface area (Å²) in [7, 11) is 0. The second-order valence-corrected chi connectivity index (χ2v) is 6.64. The highest BCUT2D eigenvalue weighted by Gasteiger charge is 2.09. The molecule has 78 valence electrons. The average molecular weight is 275 g/mol. The quantitative estimate of drug-likeness (QED) is 0.856. The molecule has 0 aliphatic heterocycles. The highest BCUT2D eigenvalue weighted by Crippen LogP contribution is 2.19. The van der Waals surface area contributed by atoms with Gasteiger partial charge in [-0.1, -0.05) is 11.9 Å². The topological polar surface area (TPSA) is 24.9 Å². The molecule has 1 heterocycles. The van der Waals surface area contributed by atoms with Gasteiger partial charge in [0.05, 0.1) is 5.69 Å². The Morgan fingerprint density at radius 1 is 1.43 bits per heavy atom. The Morgan fingerprint density at radius 3 is 2.64 bits per heavy atom. The number of aromatic nitrogens is 1. The Kier molecular flexibility index (Phi) is 4.41. The predicted octanol–water partition coefficient (Wildman–Crippen LogP) is 3.38. The SMILES string of the molecule is CC(C)(C)SNCc1ccc(Br)cn1. The summed E-state index contributed by atoms with van der Waals surface area (Å²) < 4.78 is 4.56. The number of hydrogen-bond acceptors (Lipinski definition) is 3. The van der Waals surface area contributed by atoms with E-state index >= 15 is 0 Å². The zero-order valence-electron chi connectivity index (χ0n) is 8.67. The Morgan fingerprint density at radius 2 is 2.14 bits per heavy atom. The molecule has 0 spiro atoms. The molecule has 0 bridgehead atoms. The van der Waals surface area contributed by atoms with Crippen LogP contribution in [0.3, 0.4) is 0 Å². The van der Waals surface area contributed by atoms with E-state index in [0.29, 0.717) is 0 Å². The van der Waals surface area contributed by atoms with E-state index in [-0.39, 0.29) is 4.75 Å². The van der Waals surface area contributed by atoms with Gasteiger partial charge in [-0.3, -0.25) is 9.71 Å². The molecule has 0 aromatic carbocycles. The molecule has 0 aliphatic rings. The van der Waals surface area contributed by atoms with E-state index in [2.05, 4.69) is 46.4 Å². The van der Waals surface area contributed by atoms with Gasteiger partial charge >= 0.3 is 0 Å². The van der Waals surface area contributed by atoms with Crippen LogP contribution in [0.1, 0.15) is 26.5 Å².